The summed E-state index contributed by atoms with van der Waals surface area (Å²) in [5.41, 5.74) is 1.32. The first kappa shape index (κ1) is 16.1. The molecule has 0 N–H and O–H groups in total. The van der Waals surface area contributed by atoms with Crippen molar-refractivity contribution in [2.45, 2.75) is 26.2 Å². The predicted molar refractivity (Wildman–Crippen MR) is 80.4 cm³/mol. The number of ether oxygens (including phenoxy) is 2. The number of hydrogen-bond acceptors (Lipinski definition) is 4. The van der Waals surface area contributed by atoms with Crippen LogP contribution in [-0.4, -0.2) is 25.5 Å². The second kappa shape index (κ2) is 6.67. The minimum absolute atomic E-state index is 0.0401. The lowest BCUT2D eigenvalue weighted by Gasteiger charge is -2.11. The molecule has 1 atom stereocenters. The van der Waals surface area contributed by atoms with E-state index in [1.807, 2.05) is 6.92 Å². The van der Waals surface area contributed by atoms with E-state index in [-0.39, 0.29) is 28.4 Å². The fraction of sp³-hybridized carbons (Fsp3) is 0.467. The van der Waals surface area contributed by atoms with Crippen molar-refractivity contribution in [2.75, 3.05) is 13.7 Å². The minimum Gasteiger partial charge on any atom is -0.480 e. The van der Waals surface area contributed by atoms with Crippen molar-refractivity contribution in [3.63, 3.8) is 0 Å². The van der Waals surface area contributed by atoms with E-state index in [4.69, 9.17) is 27.9 Å². The zero-order valence-corrected chi connectivity index (χ0v) is 13.4. The van der Waals surface area contributed by atoms with Crippen molar-refractivity contribution in [3.8, 4) is 5.75 Å². The van der Waals surface area contributed by atoms with Gasteiger partial charge in [-0.1, -0.05) is 36.5 Å². The molecule has 0 bridgehead atoms. The molecule has 0 saturated carbocycles. The summed E-state index contributed by atoms with van der Waals surface area (Å²) >= 11 is 12.3. The fourth-order valence-electron chi connectivity index (χ4n) is 2.52. The number of carbonyl (C=O) groups is 2. The first-order valence-corrected chi connectivity index (χ1v) is 7.49. The van der Waals surface area contributed by atoms with Crippen LogP contribution in [0.15, 0.2) is 6.07 Å². The summed E-state index contributed by atoms with van der Waals surface area (Å²) < 4.78 is 9.83. The van der Waals surface area contributed by atoms with E-state index < -0.39 is 5.97 Å². The highest BCUT2D eigenvalue weighted by molar-refractivity contribution is 6.45. The first-order chi connectivity index (χ1) is 9.99. The molecule has 21 heavy (non-hydrogen) atoms. The zero-order chi connectivity index (χ0) is 15.6. The third-order valence-corrected chi connectivity index (χ3v) is 4.40. The van der Waals surface area contributed by atoms with Gasteiger partial charge >= 0.3 is 5.97 Å². The van der Waals surface area contributed by atoms with Gasteiger partial charge in [-0.05, 0) is 24.5 Å². The van der Waals surface area contributed by atoms with Crippen LogP contribution in [0.3, 0.4) is 0 Å². The maximum atomic E-state index is 12.3. The van der Waals surface area contributed by atoms with Crippen LogP contribution < -0.4 is 4.74 Å². The van der Waals surface area contributed by atoms with Gasteiger partial charge in [0.25, 0.3) is 0 Å². The molecule has 0 spiro atoms. The van der Waals surface area contributed by atoms with Crippen LogP contribution in [0, 0.1) is 5.92 Å². The molecular formula is C15H16Cl2O4. The molecular weight excluding hydrogens is 315 g/mol. The molecule has 0 fully saturated rings. The van der Waals surface area contributed by atoms with Gasteiger partial charge in [-0.25, -0.2) is 4.79 Å². The normalized spacial score (nSPS) is 16.8. The molecule has 0 saturated heterocycles. The standard InChI is InChI=1S/C15H16Cl2O4/c1-3-4-8-5-9-6-10(21-7-11(18)20-2)13(16)14(17)12(9)15(8)19/h6,8H,3-5,7H2,1-2H3. The highest BCUT2D eigenvalue weighted by Gasteiger charge is 2.34. The van der Waals surface area contributed by atoms with Gasteiger partial charge in [-0.3, -0.25) is 4.79 Å². The van der Waals surface area contributed by atoms with Gasteiger partial charge in [-0.15, -0.1) is 0 Å². The average molecular weight is 331 g/mol. The van der Waals surface area contributed by atoms with Crippen LogP contribution in [-0.2, 0) is 16.0 Å². The molecule has 1 aromatic carbocycles. The predicted octanol–water partition coefficient (Wildman–Crippen LogP) is 3.70. The molecule has 1 aliphatic rings. The lowest BCUT2D eigenvalue weighted by atomic mass is 10.00. The van der Waals surface area contributed by atoms with Gasteiger partial charge in [-0.2, -0.15) is 0 Å². The summed E-state index contributed by atoms with van der Waals surface area (Å²) in [6.07, 6.45) is 2.38. The molecule has 0 aliphatic heterocycles. The van der Waals surface area contributed by atoms with Crippen molar-refractivity contribution in [2.24, 2.45) is 5.92 Å². The molecule has 114 valence electrons. The number of benzene rings is 1. The number of carbonyl (C=O) groups excluding carboxylic acids is 2. The van der Waals surface area contributed by atoms with Crippen molar-refractivity contribution >= 4 is 35.0 Å². The van der Waals surface area contributed by atoms with E-state index in [0.29, 0.717) is 17.7 Å². The Morgan fingerprint density at radius 3 is 2.71 bits per heavy atom. The molecule has 0 amide bonds. The summed E-state index contributed by atoms with van der Waals surface area (Å²) in [7, 11) is 1.27. The van der Waals surface area contributed by atoms with Gasteiger partial charge in [0.2, 0.25) is 0 Å². The molecule has 2 rings (SSSR count). The summed E-state index contributed by atoms with van der Waals surface area (Å²) in [5.74, 6) is -0.217. The molecule has 4 nitrogen and oxygen atoms in total. The lowest BCUT2D eigenvalue weighted by Crippen LogP contribution is -2.13. The van der Waals surface area contributed by atoms with E-state index in [0.717, 1.165) is 18.4 Å². The fourth-order valence-corrected chi connectivity index (χ4v) is 3.04. The SMILES string of the molecule is CCCC1Cc2cc(OCC(=O)OC)c(Cl)c(Cl)c2C1=O. The summed E-state index contributed by atoms with van der Waals surface area (Å²) in [4.78, 5) is 23.5. The Balaban J connectivity index is 2.29. The number of methoxy groups -OCH3 is 1. The van der Waals surface area contributed by atoms with E-state index in [2.05, 4.69) is 4.74 Å². The van der Waals surface area contributed by atoms with Crippen LogP contribution in [0.4, 0.5) is 0 Å². The molecule has 6 heteroatoms. The Kier molecular flexibility index (Phi) is 5.12. The molecule has 0 heterocycles. The Morgan fingerprint density at radius 2 is 2.10 bits per heavy atom. The van der Waals surface area contributed by atoms with Crippen LogP contribution in [0.25, 0.3) is 0 Å². The Hall–Kier alpha value is -1.26. The van der Waals surface area contributed by atoms with E-state index >= 15 is 0 Å². The Labute approximate surface area is 133 Å². The number of hydrogen-bond donors (Lipinski definition) is 0. The van der Waals surface area contributed by atoms with Gasteiger partial charge < -0.3 is 9.47 Å². The quantitative estimate of drug-likeness (QED) is 0.772. The smallest absolute Gasteiger partial charge is 0.343 e. The van der Waals surface area contributed by atoms with Crippen molar-refractivity contribution in [1.82, 2.24) is 0 Å². The van der Waals surface area contributed by atoms with Gasteiger partial charge in [0, 0.05) is 11.5 Å². The number of fused-ring (bicyclic) bond motifs is 1. The lowest BCUT2D eigenvalue weighted by molar-refractivity contribution is -0.142. The van der Waals surface area contributed by atoms with Crippen molar-refractivity contribution < 1.29 is 19.1 Å². The molecule has 0 aromatic heterocycles. The van der Waals surface area contributed by atoms with Crippen molar-refractivity contribution in [3.05, 3.63) is 27.2 Å². The van der Waals surface area contributed by atoms with E-state index in [9.17, 15) is 9.59 Å². The van der Waals surface area contributed by atoms with Crippen LogP contribution in [0.2, 0.25) is 10.0 Å². The first-order valence-electron chi connectivity index (χ1n) is 6.74. The van der Waals surface area contributed by atoms with Gasteiger partial charge in [0.15, 0.2) is 12.4 Å². The summed E-state index contributed by atoms with van der Waals surface area (Å²) in [6.45, 7) is 1.79. The minimum atomic E-state index is -0.511. The highest BCUT2D eigenvalue weighted by Crippen LogP contribution is 2.43. The third-order valence-electron chi connectivity index (χ3n) is 3.55. The zero-order valence-electron chi connectivity index (χ0n) is 11.9. The number of halogens is 2. The largest absolute Gasteiger partial charge is 0.480 e. The summed E-state index contributed by atoms with van der Waals surface area (Å²) in [5, 5.41) is 0.363. The molecule has 1 unspecified atom stereocenters. The van der Waals surface area contributed by atoms with Crippen LogP contribution >= 0.6 is 23.2 Å². The number of rotatable bonds is 5. The Bertz CT molecular complexity index is 584. The van der Waals surface area contributed by atoms with Crippen LogP contribution in [0.5, 0.6) is 5.75 Å². The second-order valence-electron chi connectivity index (χ2n) is 4.96. The van der Waals surface area contributed by atoms with Gasteiger partial charge in [0.05, 0.1) is 12.1 Å². The van der Waals surface area contributed by atoms with Crippen molar-refractivity contribution in [1.29, 1.82) is 0 Å². The maximum absolute atomic E-state index is 12.3. The second-order valence-corrected chi connectivity index (χ2v) is 5.71. The summed E-state index contributed by atoms with van der Waals surface area (Å²) in [6, 6.07) is 1.69. The third kappa shape index (κ3) is 3.16. The molecule has 1 aliphatic carbocycles. The molecule has 0 radical (unpaired) electrons. The maximum Gasteiger partial charge on any atom is 0.343 e. The monoisotopic (exact) mass is 330 g/mol. The van der Waals surface area contributed by atoms with Gasteiger partial charge in [0.1, 0.15) is 10.8 Å². The highest BCUT2D eigenvalue weighted by atomic mass is 35.5. The van der Waals surface area contributed by atoms with Crippen LogP contribution in [0.1, 0.15) is 35.7 Å². The van der Waals surface area contributed by atoms with E-state index in [1.54, 1.807) is 6.07 Å². The average Bonchev–Trinajstić information content (AvgIpc) is 2.78. The Morgan fingerprint density at radius 1 is 1.38 bits per heavy atom. The number of esters is 1. The topological polar surface area (TPSA) is 52.6 Å². The molecule has 1 aromatic rings. The van der Waals surface area contributed by atoms with E-state index in [1.165, 1.54) is 7.11 Å². The number of ketones is 1. The number of Topliss-reactive ketones (excluding diaryl/α,β-unsaturated/α-hetero) is 1.